The van der Waals surface area contributed by atoms with Crippen LogP contribution in [0.2, 0.25) is 0 Å². The summed E-state index contributed by atoms with van der Waals surface area (Å²) in [6.07, 6.45) is 0. The molecule has 1 atom stereocenters. The highest BCUT2D eigenvalue weighted by Crippen LogP contribution is 2.18. The molecule has 0 aliphatic heterocycles. The van der Waals surface area contributed by atoms with Crippen molar-refractivity contribution in [3.63, 3.8) is 0 Å². The lowest BCUT2D eigenvalue weighted by atomic mass is 10.1. The van der Waals surface area contributed by atoms with Gasteiger partial charge in [0.15, 0.2) is 0 Å². The molecule has 0 radical (unpaired) electrons. The van der Waals surface area contributed by atoms with Crippen LogP contribution in [0.1, 0.15) is 6.92 Å². The molecule has 0 fully saturated rings. The Labute approximate surface area is 98.3 Å². The van der Waals surface area contributed by atoms with E-state index in [9.17, 15) is 4.21 Å². The van der Waals surface area contributed by atoms with E-state index in [-0.39, 0.29) is 0 Å². The van der Waals surface area contributed by atoms with Crippen molar-refractivity contribution in [3.05, 3.63) is 54.6 Å². The normalized spacial score (nSPS) is 12.6. The molecular formula is C14H14OS. The van der Waals surface area contributed by atoms with E-state index in [1.807, 2.05) is 43.3 Å². The molecule has 0 aliphatic rings. The zero-order chi connectivity index (χ0) is 11.5. The maximum atomic E-state index is 11.9. The first-order valence-electron chi connectivity index (χ1n) is 5.18. The van der Waals surface area contributed by atoms with E-state index in [0.29, 0.717) is 5.75 Å². The van der Waals surface area contributed by atoms with Crippen LogP contribution in [0, 0.1) is 0 Å². The maximum absolute atomic E-state index is 11.9. The monoisotopic (exact) mass is 230 g/mol. The molecule has 82 valence electrons. The number of rotatable bonds is 3. The van der Waals surface area contributed by atoms with Crippen LogP contribution < -0.4 is 0 Å². The van der Waals surface area contributed by atoms with E-state index in [2.05, 4.69) is 12.6 Å². The zero-order valence-electron chi connectivity index (χ0n) is 9.27. The fraction of sp³-hybridized carbons (Fsp3) is 0.143. The molecule has 0 N–H and O–H groups in total. The predicted molar refractivity (Wildman–Crippen MR) is 70.0 cm³/mol. The van der Waals surface area contributed by atoms with Gasteiger partial charge in [0.1, 0.15) is 0 Å². The van der Waals surface area contributed by atoms with Gasteiger partial charge in [-0.05, 0) is 29.8 Å². The summed E-state index contributed by atoms with van der Waals surface area (Å²) in [5, 5.41) is 2.31. The minimum absolute atomic E-state index is 0.540. The Hall–Kier alpha value is -1.41. The smallest absolute Gasteiger partial charge is 0.0570 e. The van der Waals surface area contributed by atoms with E-state index in [1.165, 1.54) is 5.39 Å². The Morgan fingerprint density at radius 3 is 2.56 bits per heavy atom. The van der Waals surface area contributed by atoms with E-state index in [1.54, 1.807) is 0 Å². The van der Waals surface area contributed by atoms with Crippen molar-refractivity contribution in [1.29, 1.82) is 0 Å². The third-order valence-electron chi connectivity index (χ3n) is 2.36. The van der Waals surface area contributed by atoms with Crippen molar-refractivity contribution >= 4 is 21.6 Å². The molecule has 0 aliphatic carbocycles. The largest absolute Gasteiger partial charge is 0.254 e. The summed E-state index contributed by atoms with van der Waals surface area (Å²) in [5.41, 5.74) is 0.950. The minimum Gasteiger partial charge on any atom is -0.254 e. The second-order valence-corrected chi connectivity index (χ2v) is 5.41. The predicted octanol–water partition coefficient (Wildman–Crippen LogP) is 3.52. The zero-order valence-corrected chi connectivity index (χ0v) is 10.1. The summed E-state index contributed by atoms with van der Waals surface area (Å²) in [6.45, 7) is 5.69. The second-order valence-electron chi connectivity index (χ2n) is 3.96. The molecule has 1 nitrogen and oxygen atoms in total. The molecular weight excluding hydrogens is 216 g/mol. The van der Waals surface area contributed by atoms with Gasteiger partial charge in [0.2, 0.25) is 0 Å². The first kappa shape index (κ1) is 11.1. The van der Waals surface area contributed by atoms with Crippen molar-refractivity contribution in [3.8, 4) is 0 Å². The highest BCUT2D eigenvalue weighted by atomic mass is 32.2. The van der Waals surface area contributed by atoms with Crippen molar-refractivity contribution in [2.45, 2.75) is 11.8 Å². The molecule has 0 heterocycles. The summed E-state index contributed by atoms with van der Waals surface area (Å²) in [4.78, 5) is 0.877. The maximum Gasteiger partial charge on any atom is 0.0570 e. The molecule has 0 aromatic heterocycles. The molecule has 0 amide bonds. The first-order valence-corrected chi connectivity index (χ1v) is 6.50. The molecule has 2 aromatic carbocycles. The molecule has 1 unspecified atom stereocenters. The van der Waals surface area contributed by atoms with Gasteiger partial charge in [0.25, 0.3) is 0 Å². The average molecular weight is 230 g/mol. The molecule has 2 heteroatoms. The quantitative estimate of drug-likeness (QED) is 0.737. The fourth-order valence-electron chi connectivity index (χ4n) is 1.62. The standard InChI is InChI=1S/C14H14OS/c1-11(2)10-16(15)14-8-7-12-5-3-4-6-13(12)9-14/h3-9H,1,10H2,2H3. The van der Waals surface area contributed by atoms with E-state index in [0.717, 1.165) is 15.9 Å². The Kier molecular flexibility index (Phi) is 3.20. The molecule has 0 saturated carbocycles. The lowest BCUT2D eigenvalue weighted by Crippen LogP contribution is -1.98. The van der Waals surface area contributed by atoms with Crippen LogP contribution in [0.15, 0.2) is 59.5 Å². The number of fused-ring (bicyclic) bond motifs is 1. The van der Waals surface area contributed by atoms with E-state index < -0.39 is 10.8 Å². The third-order valence-corrected chi connectivity index (χ3v) is 3.90. The van der Waals surface area contributed by atoms with Crippen LogP contribution in [0.4, 0.5) is 0 Å². The second kappa shape index (κ2) is 4.62. The summed E-state index contributed by atoms with van der Waals surface area (Å²) >= 11 is 0. The molecule has 0 bridgehead atoms. The van der Waals surface area contributed by atoms with Crippen LogP contribution >= 0.6 is 0 Å². The van der Waals surface area contributed by atoms with Crippen LogP contribution in [0.5, 0.6) is 0 Å². The van der Waals surface area contributed by atoms with Gasteiger partial charge >= 0.3 is 0 Å². The Bertz CT molecular complexity index is 557. The Morgan fingerprint density at radius 2 is 1.88 bits per heavy atom. The topological polar surface area (TPSA) is 17.1 Å². The van der Waals surface area contributed by atoms with Gasteiger partial charge < -0.3 is 0 Å². The number of hydrogen-bond acceptors (Lipinski definition) is 1. The van der Waals surface area contributed by atoms with Gasteiger partial charge in [-0.2, -0.15) is 0 Å². The Balaban J connectivity index is 2.39. The van der Waals surface area contributed by atoms with Gasteiger partial charge in [0, 0.05) is 10.6 Å². The Morgan fingerprint density at radius 1 is 1.19 bits per heavy atom. The minimum atomic E-state index is -0.969. The number of hydrogen-bond donors (Lipinski definition) is 0. The van der Waals surface area contributed by atoms with Crippen molar-refractivity contribution in [1.82, 2.24) is 0 Å². The van der Waals surface area contributed by atoms with Crippen molar-refractivity contribution in [2.24, 2.45) is 0 Å². The SMILES string of the molecule is C=C(C)CS(=O)c1ccc2ccccc2c1. The van der Waals surface area contributed by atoms with Crippen molar-refractivity contribution < 1.29 is 4.21 Å². The van der Waals surface area contributed by atoms with Crippen LogP contribution in [-0.2, 0) is 10.8 Å². The molecule has 0 saturated heterocycles. The highest BCUT2D eigenvalue weighted by Gasteiger charge is 2.04. The lowest BCUT2D eigenvalue weighted by Gasteiger charge is -2.03. The van der Waals surface area contributed by atoms with Crippen molar-refractivity contribution in [2.75, 3.05) is 5.75 Å². The van der Waals surface area contributed by atoms with E-state index >= 15 is 0 Å². The first-order chi connectivity index (χ1) is 7.66. The lowest BCUT2D eigenvalue weighted by molar-refractivity contribution is 0.684. The number of benzene rings is 2. The van der Waals surface area contributed by atoms with Crippen LogP contribution in [0.3, 0.4) is 0 Å². The van der Waals surface area contributed by atoms with Gasteiger partial charge in [-0.15, -0.1) is 0 Å². The van der Waals surface area contributed by atoms with Gasteiger partial charge in [0.05, 0.1) is 10.8 Å². The molecule has 2 aromatic rings. The summed E-state index contributed by atoms with van der Waals surface area (Å²) in [5.74, 6) is 0.540. The summed E-state index contributed by atoms with van der Waals surface area (Å²) in [7, 11) is -0.969. The fourth-order valence-corrected chi connectivity index (χ4v) is 2.71. The van der Waals surface area contributed by atoms with E-state index in [4.69, 9.17) is 0 Å². The van der Waals surface area contributed by atoms with Crippen LogP contribution in [-0.4, -0.2) is 9.96 Å². The van der Waals surface area contributed by atoms with Gasteiger partial charge in [-0.3, -0.25) is 4.21 Å². The summed E-state index contributed by atoms with van der Waals surface area (Å²) in [6, 6.07) is 14.0. The van der Waals surface area contributed by atoms with Gasteiger partial charge in [-0.1, -0.05) is 42.5 Å². The molecule has 0 spiro atoms. The average Bonchev–Trinajstić information content (AvgIpc) is 2.27. The third kappa shape index (κ3) is 2.39. The summed E-state index contributed by atoms with van der Waals surface area (Å²) < 4.78 is 11.9. The highest BCUT2D eigenvalue weighted by molar-refractivity contribution is 7.85. The van der Waals surface area contributed by atoms with Crippen LogP contribution in [0.25, 0.3) is 10.8 Å². The van der Waals surface area contributed by atoms with Gasteiger partial charge in [-0.25, -0.2) is 0 Å². The molecule has 16 heavy (non-hydrogen) atoms. The molecule has 2 rings (SSSR count).